The Labute approximate surface area is 168 Å². The molecule has 0 unspecified atom stereocenters. The number of para-hydroxylation sites is 2. The van der Waals surface area contributed by atoms with Crippen LogP contribution >= 0.6 is 0 Å². The zero-order valence-electron chi connectivity index (χ0n) is 16.1. The summed E-state index contributed by atoms with van der Waals surface area (Å²) in [7, 11) is 2.31. The predicted octanol–water partition coefficient (Wildman–Crippen LogP) is 5.31. The van der Waals surface area contributed by atoms with Crippen molar-refractivity contribution in [2.45, 2.75) is 0 Å². The van der Waals surface area contributed by atoms with E-state index in [0.29, 0.717) is 7.48 Å². The van der Waals surface area contributed by atoms with Crippen LogP contribution in [0.15, 0.2) is 89.3 Å². The van der Waals surface area contributed by atoms with Gasteiger partial charge in [-0.05, 0) is 36.4 Å². The Bertz CT molecular complexity index is 1470. The summed E-state index contributed by atoms with van der Waals surface area (Å²) in [5.74, 6) is 0. The van der Waals surface area contributed by atoms with E-state index in [4.69, 9.17) is 9.07 Å². The highest BCUT2D eigenvalue weighted by molar-refractivity contribution is 6.47. The number of nitrogens with zero attached hydrogens (tertiary/aromatic N) is 1. The maximum atomic E-state index is 6.08. The third-order valence-corrected chi connectivity index (χ3v) is 5.67. The zero-order valence-corrected chi connectivity index (χ0v) is 16.1. The first-order chi connectivity index (χ1) is 14.3. The third kappa shape index (κ3) is 2.43. The second kappa shape index (κ2) is 6.26. The highest BCUT2D eigenvalue weighted by Crippen LogP contribution is 2.34. The molecule has 0 atom stereocenters. The number of rotatable bonds is 3. The van der Waals surface area contributed by atoms with Crippen LogP contribution in [0.25, 0.3) is 49.4 Å². The summed E-state index contributed by atoms with van der Waals surface area (Å²) in [5.41, 5.74) is 6.50. The van der Waals surface area contributed by atoms with Crippen LogP contribution in [0.1, 0.15) is 0 Å². The summed E-state index contributed by atoms with van der Waals surface area (Å²) in [5, 5.41) is 4.78. The Morgan fingerprint density at radius 2 is 1.31 bits per heavy atom. The van der Waals surface area contributed by atoms with Crippen molar-refractivity contribution in [3.8, 4) is 5.69 Å². The summed E-state index contributed by atoms with van der Waals surface area (Å²) in [4.78, 5) is 0. The first kappa shape index (κ1) is 16.5. The topological polar surface area (TPSA) is 27.3 Å². The number of hydrogen-bond donors (Lipinski definition) is 0. The molecular formula is C25H18BNO2. The quantitative estimate of drug-likeness (QED) is 0.392. The van der Waals surface area contributed by atoms with Gasteiger partial charge in [0.2, 0.25) is 0 Å². The number of hydrogen-bond acceptors (Lipinski definition) is 2. The molecule has 0 bridgehead atoms. The van der Waals surface area contributed by atoms with Crippen molar-refractivity contribution in [2.75, 3.05) is 7.11 Å². The van der Waals surface area contributed by atoms with Gasteiger partial charge in [-0.25, -0.2) is 0 Å². The molecule has 2 aromatic heterocycles. The summed E-state index contributed by atoms with van der Waals surface area (Å²) in [6.07, 6.45) is 0. The van der Waals surface area contributed by atoms with Gasteiger partial charge in [0.25, 0.3) is 0 Å². The number of aromatic nitrogens is 1. The van der Waals surface area contributed by atoms with Crippen molar-refractivity contribution in [1.82, 2.24) is 4.57 Å². The third-order valence-electron chi connectivity index (χ3n) is 5.67. The van der Waals surface area contributed by atoms with Crippen LogP contribution in [-0.2, 0) is 4.65 Å². The van der Waals surface area contributed by atoms with Gasteiger partial charge in [-0.3, -0.25) is 0 Å². The van der Waals surface area contributed by atoms with E-state index in [1.807, 2.05) is 6.07 Å². The molecule has 0 aliphatic carbocycles. The lowest BCUT2D eigenvalue weighted by Gasteiger charge is -2.08. The molecule has 0 spiro atoms. The molecule has 3 nitrogen and oxygen atoms in total. The molecule has 4 heteroatoms. The predicted molar refractivity (Wildman–Crippen MR) is 122 cm³/mol. The van der Waals surface area contributed by atoms with Crippen molar-refractivity contribution in [2.24, 2.45) is 0 Å². The van der Waals surface area contributed by atoms with E-state index in [1.54, 1.807) is 7.11 Å². The summed E-state index contributed by atoms with van der Waals surface area (Å²) in [6, 6.07) is 29.8. The van der Waals surface area contributed by atoms with E-state index in [1.165, 1.54) is 21.8 Å². The van der Waals surface area contributed by atoms with Gasteiger partial charge in [0.1, 0.15) is 11.2 Å². The number of benzene rings is 4. The van der Waals surface area contributed by atoms with E-state index in [-0.39, 0.29) is 0 Å². The van der Waals surface area contributed by atoms with Gasteiger partial charge in [0.05, 0.1) is 11.0 Å². The smallest absolute Gasteiger partial charge is 0.308 e. The molecular weight excluding hydrogens is 357 g/mol. The molecule has 0 fully saturated rings. The highest BCUT2D eigenvalue weighted by Gasteiger charge is 2.14. The minimum atomic E-state index is 0.592. The molecule has 29 heavy (non-hydrogen) atoms. The summed E-state index contributed by atoms with van der Waals surface area (Å²) < 4.78 is 13.7. The minimum absolute atomic E-state index is 0.592. The zero-order chi connectivity index (χ0) is 19.4. The average Bonchev–Trinajstić information content (AvgIpc) is 3.29. The Morgan fingerprint density at radius 3 is 2.00 bits per heavy atom. The molecule has 6 aromatic rings. The monoisotopic (exact) mass is 375 g/mol. The van der Waals surface area contributed by atoms with Crippen molar-refractivity contribution < 1.29 is 9.07 Å². The van der Waals surface area contributed by atoms with Crippen LogP contribution in [-0.4, -0.2) is 19.2 Å². The van der Waals surface area contributed by atoms with Crippen molar-refractivity contribution in [1.29, 1.82) is 0 Å². The SMILES string of the molecule is COBc1ccc2oc3ccc(-n4c5ccccc5c5ccccc54)cc3c2c1. The van der Waals surface area contributed by atoms with E-state index >= 15 is 0 Å². The number of furan rings is 1. The Hall–Kier alpha value is -3.50. The van der Waals surface area contributed by atoms with Gasteiger partial charge < -0.3 is 13.6 Å². The lowest BCUT2D eigenvalue weighted by atomic mass is 9.87. The van der Waals surface area contributed by atoms with Gasteiger partial charge in [-0.15, -0.1) is 0 Å². The van der Waals surface area contributed by atoms with E-state index in [9.17, 15) is 0 Å². The molecule has 2 heterocycles. The number of fused-ring (bicyclic) bond motifs is 6. The van der Waals surface area contributed by atoms with Crippen molar-refractivity contribution in [3.05, 3.63) is 84.9 Å². The highest BCUT2D eigenvalue weighted by atomic mass is 16.4. The largest absolute Gasteiger partial charge is 0.456 e. The van der Waals surface area contributed by atoms with E-state index in [2.05, 4.69) is 83.4 Å². The second-order valence-electron chi connectivity index (χ2n) is 7.42. The Morgan fingerprint density at radius 1 is 0.690 bits per heavy atom. The first-order valence-corrected chi connectivity index (χ1v) is 9.76. The standard InChI is InChI=1S/C25H18BNO2/c1-28-26-16-10-12-24-20(14-16)21-15-17(11-13-25(21)29-24)27-22-8-4-2-6-18(22)19-7-3-5-9-23(19)27/h2-15,26H,1H3. The molecule has 0 N–H and O–H groups in total. The molecule has 0 aliphatic heterocycles. The van der Waals surface area contributed by atoms with Crippen molar-refractivity contribution >= 4 is 56.7 Å². The lowest BCUT2D eigenvalue weighted by Crippen LogP contribution is -2.14. The van der Waals surface area contributed by atoms with Crippen LogP contribution in [0, 0.1) is 0 Å². The van der Waals surface area contributed by atoms with Crippen LogP contribution in [0.4, 0.5) is 0 Å². The fourth-order valence-corrected chi connectivity index (χ4v) is 4.41. The molecule has 0 radical (unpaired) electrons. The average molecular weight is 375 g/mol. The van der Waals surface area contributed by atoms with Gasteiger partial charge >= 0.3 is 7.48 Å². The summed E-state index contributed by atoms with van der Waals surface area (Å²) >= 11 is 0. The van der Waals surface area contributed by atoms with Crippen LogP contribution < -0.4 is 5.46 Å². The molecule has 0 aliphatic rings. The van der Waals surface area contributed by atoms with Gasteiger partial charge in [0, 0.05) is 34.3 Å². The van der Waals surface area contributed by atoms with Crippen LogP contribution in [0.3, 0.4) is 0 Å². The summed E-state index contributed by atoms with van der Waals surface area (Å²) in [6.45, 7) is 0. The minimum Gasteiger partial charge on any atom is -0.456 e. The fourth-order valence-electron chi connectivity index (χ4n) is 4.41. The Balaban J connectivity index is 1.67. The molecule has 6 rings (SSSR count). The van der Waals surface area contributed by atoms with Crippen LogP contribution in [0.5, 0.6) is 0 Å². The van der Waals surface area contributed by atoms with Crippen molar-refractivity contribution in [3.63, 3.8) is 0 Å². The maximum absolute atomic E-state index is 6.08. The molecule has 4 aromatic carbocycles. The second-order valence-corrected chi connectivity index (χ2v) is 7.42. The molecule has 0 saturated heterocycles. The normalized spacial score (nSPS) is 11.8. The van der Waals surface area contributed by atoms with Gasteiger partial charge in [-0.2, -0.15) is 0 Å². The van der Waals surface area contributed by atoms with Gasteiger partial charge in [-0.1, -0.05) is 54.0 Å². The molecule has 138 valence electrons. The van der Waals surface area contributed by atoms with E-state index in [0.717, 1.165) is 33.1 Å². The first-order valence-electron chi connectivity index (χ1n) is 9.76. The molecule has 0 amide bonds. The lowest BCUT2D eigenvalue weighted by molar-refractivity contribution is 0.450. The van der Waals surface area contributed by atoms with E-state index < -0.39 is 0 Å². The fraction of sp³-hybridized carbons (Fsp3) is 0.0400. The molecule has 0 saturated carbocycles. The van der Waals surface area contributed by atoms with Crippen LogP contribution in [0.2, 0.25) is 0 Å². The maximum Gasteiger partial charge on any atom is 0.308 e. The van der Waals surface area contributed by atoms with Gasteiger partial charge in [0.15, 0.2) is 0 Å². The Kier molecular flexibility index (Phi) is 3.55.